The Kier molecular flexibility index (Phi) is 8.51. The lowest BCUT2D eigenvalue weighted by atomic mass is 10.1. The second-order valence-corrected chi connectivity index (χ2v) is 7.59. The van der Waals surface area contributed by atoms with Crippen LogP contribution in [0.2, 0.25) is 0 Å². The Morgan fingerprint density at radius 1 is 0.818 bits per heavy atom. The highest BCUT2D eigenvalue weighted by atomic mass is 32.1. The standard InChI is InChI=1S/C25H25N3O4S/c1-17-5-3-7-20(15-17)26-24(30)19-6-4-8-21(16-19)27-25(33)28-23(29)18-9-11-22(12-10-18)32-14-13-31-2/h3-12,15-16H,13-14H2,1-2H3,(H,26,30)(H2,27,28,29,33). The summed E-state index contributed by atoms with van der Waals surface area (Å²) in [6.45, 7) is 2.87. The van der Waals surface area contributed by atoms with E-state index in [2.05, 4.69) is 16.0 Å². The molecule has 0 aromatic heterocycles. The third-order valence-electron chi connectivity index (χ3n) is 4.56. The minimum absolute atomic E-state index is 0.122. The van der Waals surface area contributed by atoms with Crippen LogP contribution in [0.5, 0.6) is 5.75 Å². The number of methoxy groups -OCH3 is 1. The molecule has 0 radical (unpaired) electrons. The van der Waals surface area contributed by atoms with Crippen molar-refractivity contribution in [2.45, 2.75) is 6.92 Å². The number of thiocarbonyl (C=S) groups is 1. The van der Waals surface area contributed by atoms with Crippen LogP contribution in [-0.2, 0) is 4.74 Å². The molecule has 0 aliphatic heterocycles. The smallest absolute Gasteiger partial charge is 0.257 e. The highest BCUT2D eigenvalue weighted by Gasteiger charge is 2.11. The highest BCUT2D eigenvalue weighted by molar-refractivity contribution is 7.80. The van der Waals surface area contributed by atoms with Gasteiger partial charge in [-0.1, -0.05) is 18.2 Å². The average molecular weight is 464 g/mol. The highest BCUT2D eigenvalue weighted by Crippen LogP contribution is 2.15. The summed E-state index contributed by atoms with van der Waals surface area (Å²) in [5.74, 6) is 0.0429. The second-order valence-electron chi connectivity index (χ2n) is 7.18. The first-order valence-electron chi connectivity index (χ1n) is 10.3. The van der Waals surface area contributed by atoms with Crippen LogP contribution in [0.25, 0.3) is 0 Å². The van der Waals surface area contributed by atoms with Crippen molar-refractivity contribution in [3.8, 4) is 5.75 Å². The molecule has 3 aromatic rings. The van der Waals surface area contributed by atoms with Gasteiger partial charge in [0.2, 0.25) is 0 Å². The van der Waals surface area contributed by atoms with Crippen molar-refractivity contribution in [2.75, 3.05) is 31.0 Å². The van der Waals surface area contributed by atoms with Gasteiger partial charge in [-0.3, -0.25) is 14.9 Å². The Balaban J connectivity index is 1.55. The van der Waals surface area contributed by atoms with Gasteiger partial charge in [-0.2, -0.15) is 0 Å². The minimum Gasteiger partial charge on any atom is -0.491 e. The van der Waals surface area contributed by atoms with Crippen LogP contribution in [0, 0.1) is 6.92 Å². The fraction of sp³-hybridized carbons (Fsp3) is 0.160. The molecule has 0 aliphatic rings. The van der Waals surface area contributed by atoms with E-state index in [0.29, 0.717) is 35.8 Å². The van der Waals surface area contributed by atoms with Gasteiger partial charge in [-0.05, 0) is 79.3 Å². The zero-order valence-electron chi connectivity index (χ0n) is 18.4. The molecule has 8 heteroatoms. The Morgan fingerprint density at radius 3 is 2.21 bits per heavy atom. The SMILES string of the molecule is COCCOc1ccc(C(=O)NC(=S)Nc2cccc(C(=O)Nc3cccc(C)c3)c2)cc1. The molecule has 0 heterocycles. The second kappa shape index (κ2) is 11.8. The van der Waals surface area contributed by atoms with E-state index in [9.17, 15) is 9.59 Å². The van der Waals surface area contributed by atoms with Gasteiger partial charge in [0, 0.05) is 29.6 Å². The maximum Gasteiger partial charge on any atom is 0.257 e. The molecule has 0 saturated carbocycles. The van der Waals surface area contributed by atoms with Crippen molar-refractivity contribution in [3.63, 3.8) is 0 Å². The summed E-state index contributed by atoms with van der Waals surface area (Å²) in [7, 11) is 1.60. The van der Waals surface area contributed by atoms with Crippen molar-refractivity contribution < 1.29 is 19.1 Å². The summed E-state index contributed by atoms with van der Waals surface area (Å²) >= 11 is 5.25. The number of anilines is 2. The van der Waals surface area contributed by atoms with Crippen LogP contribution < -0.4 is 20.7 Å². The van der Waals surface area contributed by atoms with Gasteiger partial charge in [-0.15, -0.1) is 0 Å². The minimum atomic E-state index is -0.357. The molecule has 33 heavy (non-hydrogen) atoms. The normalized spacial score (nSPS) is 10.2. The number of benzene rings is 3. The number of carbonyl (C=O) groups excluding carboxylic acids is 2. The monoisotopic (exact) mass is 463 g/mol. The maximum atomic E-state index is 12.6. The molecule has 0 spiro atoms. The Morgan fingerprint density at radius 2 is 1.52 bits per heavy atom. The van der Waals surface area contributed by atoms with Gasteiger partial charge < -0.3 is 20.1 Å². The molecule has 0 atom stereocenters. The van der Waals surface area contributed by atoms with Gasteiger partial charge >= 0.3 is 0 Å². The molecule has 0 fully saturated rings. The van der Waals surface area contributed by atoms with E-state index in [1.807, 2.05) is 31.2 Å². The lowest BCUT2D eigenvalue weighted by Gasteiger charge is -2.12. The first kappa shape index (κ1) is 23.9. The van der Waals surface area contributed by atoms with Crippen molar-refractivity contribution in [1.82, 2.24) is 5.32 Å². The Bertz CT molecular complexity index is 1130. The molecule has 170 valence electrons. The van der Waals surface area contributed by atoms with Crippen LogP contribution in [-0.4, -0.2) is 37.3 Å². The molecule has 3 rings (SSSR count). The number of ether oxygens (including phenoxy) is 2. The topological polar surface area (TPSA) is 88.7 Å². The third-order valence-corrected chi connectivity index (χ3v) is 4.76. The summed E-state index contributed by atoms with van der Waals surface area (Å²) in [5.41, 5.74) is 3.25. The maximum absolute atomic E-state index is 12.6. The largest absolute Gasteiger partial charge is 0.491 e. The number of hydrogen-bond acceptors (Lipinski definition) is 5. The summed E-state index contributed by atoms with van der Waals surface area (Å²) in [6.07, 6.45) is 0. The lowest BCUT2D eigenvalue weighted by Crippen LogP contribution is -2.34. The molecular weight excluding hydrogens is 438 g/mol. The molecule has 0 unspecified atom stereocenters. The van der Waals surface area contributed by atoms with E-state index in [1.54, 1.807) is 55.6 Å². The van der Waals surface area contributed by atoms with Crippen molar-refractivity contribution >= 4 is 40.5 Å². The van der Waals surface area contributed by atoms with Crippen LogP contribution in [0.1, 0.15) is 26.3 Å². The first-order valence-corrected chi connectivity index (χ1v) is 10.7. The molecule has 2 amide bonds. The summed E-state index contributed by atoms with van der Waals surface area (Å²) in [4.78, 5) is 25.0. The lowest BCUT2D eigenvalue weighted by molar-refractivity contribution is 0.0976. The molecule has 0 saturated heterocycles. The summed E-state index contributed by atoms with van der Waals surface area (Å²) in [5, 5.41) is 8.56. The van der Waals surface area contributed by atoms with E-state index >= 15 is 0 Å². The van der Waals surface area contributed by atoms with Crippen LogP contribution in [0.3, 0.4) is 0 Å². The number of hydrogen-bond donors (Lipinski definition) is 3. The van der Waals surface area contributed by atoms with Crippen molar-refractivity contribution in [1.29, 1.82) is 0 Å². The molecule has 0 bridgehead atoms. The molecule has 3 N–H and O–H groups in total. The molecule has 7 nitrogen and oxygen atoms in total. The van der Waals surface area contributed by atoms with E-state index < -0.39 is 0 Å². The average Bonchev–Trinajstić information content (AvgIpc) is 2.80. The van der Waals surface area contributed by atoms with E-state index in [4.69, 9.17) is 21.7 Å². The number of nitrogens with one attached hydrogen (secondary N) is 3. The zero-order valence-corrected chi connectivity index (χ0v) is 19.2. The van der Waals surface area contributed by atoms with Crippen LogP contribution in [0.4, 0.5) is 11.4 Å². The predicted molar refractivity (Wildman–Crippen MR) is 133 cm³/mol. The van der Waals surface area contributed by atoms with E-state index in [-0.39, 0.29) is 16.9 Å². The fourth-order valence-corrected chi connectivity index (χ4v) is 3.16. The number of aryl methyl sites for hydroxylation is 1. The van der Waals surface area contributed by atoms with Crippen molar-refractivity contribution in [3.05, 3.63) is 89.5 Å². The number of rotatable bonds is 8. The van der Waals surface area contributed by atoms with Crippen LogP contribution >= 0.6 is 12.2 Å². The van der Waals surface area contributed by atoms with Gasteiger partial charge in [-0.25, -0.2) is 0 Å². The summed E-state index contributed by atoms with van der Waals surface area (Å²) < 4.78 is 10.4. The quantitative estimate of drug-likeness (QED) is 0.339. The molecule has 3 aromatic carbocycles. The van der Waals surface area contributed by atoms with Gasteiger partial charge in [0.05, 0.1) is 6.61 Å². The van der Waals surface area contributed by atoms with Crippen LogP contribution in [0.15, 0.2) is 72.8 Å². The predicted octanol–water partition coefficient (Wildman–Crippen LogP) is 4.40. The third kappa shape index (κ3) is 7.41. The fourth-order valence-electron chi connectivity index (χ4n) is 2.95. The van der Waals surface area contributed by atoms with Gasteiger partial charge in [0.1, 0.15) is 12.4 Å². The van der Waals surface area contributed by atoms with E-state index in [0.717, 1.165) is 11.3 Å². The molecular formula is C25H25N3O4S. The van der Waals surface area contributed by atoms with E-state index in [1.165, 1.54) is 0 Å². The summed E-state index contributed by atoms with van der Waals surface area (Å²) in [6, 6.07) is 21.1. The van der Waals surface area contributed by atoms with Crippen molar-refractivity contribution in [2.24, 2.45) is 0 Å². The molecule has 0 aliphatic carbocycles. The van der Waals surface area contributed by atoms with Gasteiger partial charge in [0.25, 0.3) is 11.8 Å². The number of amides is 2. The Hall–Kier alpha value is -3.75. The first-order chi connectivity index (χ1) is 15.9. The van der Waals surface area contributed by atoms with Gasteiger partial charge in [0.15, 0.2) is 5.11 Å². The Labute approximate surface area is 198 Å². The number of carbonyl (C=O) groups is 2. The zero-order chi connectivity index (χ0) is 23.6.